The molecule has 1 saturated carbocycles. The lowest BCUT2D eigenvalue weighted by molar-refractivity contribution is -0.101. The fourth-order valence-electron chi connectivity index (χ4n) is 4.16. The van der Waals surface area contributed by atoms with Crippen LogP contribution < -0.4 is 0 Å². The molecular formula is C19H20F3NOS. The number of benzene rings is 1. The van der Waals surface area contributed by atoms with E-state index in [2.05, 4.69) is 0 Å². The number of aliphatic hydroxyl groups is 1. The van der Waals surface area contributed by atoms with Gasteiger partial charge in [-0.3, -0.25) is 4.90 Å². The fraction of sp³-hybridized carbons (Fsp3) is 0.474. The van der Waals surface area contributed by atoms with Crippen LogP contribution in [0.15, 0.2) is 23.6 Å². The molecule has 1 N–H and O–H groups in total. The minimum atomic E-state index is -1.01. The molecule has 1 aromatic heterocycles. The Morgan fingerprint density at radius 3 is 2.44 bits per heavy atom. The lowest BCUT2D eigenvalue weighted by Crippen LogP contribution is -2.46. The van der Waals surface area contributed by atoms with Crippen LogP contribution in [0.5, 0.6) is 0 Å². The normalized spacial score (nSPS) is 26.0. The molecule has 0 spiro atoms. The Bertz CT molecular complexity index is 778. The minimum Gasteiger partial charge on any atom is -0.376 e. The summed E-state index contributed by atoms with van der Waals surface area (Å²) in [6.07, 6.45) is 2.72. The molecule has 0 bridgehead atoms. The summed E-state index contributed by atoms with van der Waals surface area (Å²) in [6, 6.07) is 3.67. The molecule has 4 rings (SSSR count). The average molecular weight is 367 g/mol. The van der Waals surface area contributed by atoms with Crippen molar-refractivity contribution < 1.29 is 18.3 Å². The van der Waals surface area contributed by atoms with Crippen LogP contribution in [-0.2, 0) is 0 Å². The molecule has 1 aliphatic heterocycles. The largest absolute Gasteiger partial charge is 0.376 e. The van der Waals surface area contributed by atoms with E-state index in [4.69, 9.17) is 0 Å². The van der Waals surface area contributed by atoms with Gasteiger partial charge in [-0.2, -0.15) is 4.39 Å². The van der Waals surface area contributed by atoms with Gasteiger partial charge in [-0.15, -0.1) is 11.3 Å². The van der Waals surface area contributed by atoms with Gasteiger partial charge in [0.25, 0.3) is 0 Å². The summed E-state index contributed by atoms with van der Waals surface area (Å²) >= 11 is 0.861. The highest BCUT2D eigenvalue weighted by Gasteiger charge is 2.54. The molecule has 1 aliphatic carbocycles. The first-order valence-electron chi connectivity index (χ1n) is 8.60. The van der Waals surface area contributed by atoms with Crippen molar-refractivity contribution in [3.63, 3.8) is 0 Å². The van der Waals surface area contributed by atoms with E-state index in [0.717, 1.165) is 37.3 Å². The number of thiophene rings is 1. The van der Waals surface area contributed by atoms with Crippen molar-refractivity contribution in [3.05, 3.63) is 45.9 Å². The maximum absolute atomic E-state index is 14.5. The zero-order valence-electron chi connectivity index (χ0n) is 13.9. The Kier molecular flexibility index (Phi) is 4.17. The number of rotatable bonds is 4. The van der Waals surface area contributed by atoms with Gasteiger partial charge in [0, 0.05) is 35.5 Å². The van der Waals surface area contributed by atoms with Crippen LogP contribution in [0.1, 0.15) is 37.7 Å². The Labute approximate surface area is 148 Å². The second kappa shape index (κ2) is 6.11. The van der Waals surface area contributed by atoms with Crippen LogP contribution in [0.4, 0.5) is 13.2 Å². The van der Waals surface area contributed by atoms with E-state index < -0.39 is 22.5 Å². The molecule has 2 nitrogen and oxygen atoms in total. The third kappa shape index (κ3) is 2.80. The van der Waals surface area contributed by atoms with Crippen molar-refractivity contribution >= 4 is 11.3 Å². The lowest BCUT2D eigenvalue weighted by atomic mass is 9.97. The first kappa shape index (κ1) is 17.1. The summed E-state index contributed by atoms with van der Waals surface area (Å²) in [7, 11) is 0. The summed E-state index contributed by atoms with van der Waals surface area (Å²) < 4.78 is 42.8. The molecule has 2 aromatic rings. The lowest BCUT2D eigenvalue weighted by Gasteiger charge is -2.34. The standard InChI is InChI=1S/C19H20F3NOS/c1-19(24,23-7-2-3-8-23)13-9-11(13)16-12(10-25-18(16)22)17-14(20)5-4-6-15(17)21/h4-6,10-11,13,24H,2-3,7-9H2,1H3. The van der Waals surface area contributed by atoms with Gasteiger partial charge in [0.1, 0.15) is 17.4 Å². The van der Waals surface area contributed by atoms with Crippen molar-refractivity contribution in [1.29, 1.82) is 0 Å². The molecule has 3 atom stereocenters. The van der Waals surface area contributed by atoms with Gasteiger partial charge in [0.15, 0.2) is 5.13 Å². The first-order valence-corrected chi connectivity index (χ1v) is 9.48. The molecular weight excluding hydrogens is 347 g/mol. The number of hydrogen-bond donors (Lipinski definition) is 1. The fourth-order valence-corrected chi connectivity index (χ4v) is 5.01. The van der Waals surface area contributed by atoms with Crippen molar-refractivity contribution in [3.8, 4) is 11.1 Å². The average Bonchev–Trinajstić information content (AvgIpc) is 3.00. The molecule has 0 radical (unpaired) electrons. The van der Waals surface area contributed by atoms with E-state index in [1.54, 1.807) is 6.92 Å². The maximum atomic E-state index is 14.5. The zero-order chi connectivity index (χ0) is 17.8. The minimum absolute atomic E-state index is 0.122. The molecule has 2 heterocycles. The van der Waals surface area contributed by atoms with Crippen LogP contribution >= 0.6 is 11.3 Å². The number of nitrogens with zero attached hydrogens (tertiary/aromatic N) is 1. The Hall–Kier alpha value is -1.37. The zero-order valence-corrected chi connectivity index (χ0v) is 14.8. The molecule has 2 fully saturated rings. The molecule has 3 unspecified atom stereocenters. The molecule has 25 heavy (non-hydrogen) atoms. The first-order chi connectivity index (χ1) is 11.9. The topological polar surface area (TPSA) is 23.5 Å². The van der Waals surface area contributed by atoms with Gasteiger partial charge in [-0.25, -0.2) is 8.78 Å². The van der Waals surface area contributed by atoms with Crippen molar-refractivity contribution in [1.82, 2.24) is 4.90 Å². The van der Waals surface area contributed by atoms with E-state index in [1.807, 2.05) is 4.90 Å². The van der Waals surface area contributed by atoms with Crippen molar-refractivity contribution in [2.24, 2.45) is 5.92 Å². The van der Waals surface area contributed by atoms with Gasteiger partial charge < -0.3 is 5.11 Å². The van der Waals surface area contributed by atoms with E-state index in [0.29, 0.717) is 12.0 Å². The third-order valence-electron chi connectivity index (χ3n) is 5.62. The predicted octanol–water partition coefficient (Wildman–Crippen LogP) is 4.74. The monoisotopic (exact) mass is 367 g/mol. The Morgan fingerprint density at radius 1 is 1.16 bits per heavy atom. The SMILES string of the molecule is CC(O)(C1CC1c1c(-c2c(F)cccc2F)csc1F)N1CCCC1. The second-order valence-electron chi connectivity index (χ2n) is 7.17. The summed E-state index contributed by atoms with van der Waals surface area (Å²) in [6.45, 7) is 3.44. The summed E-state index contributed by atoms with van der Waals surface area (Å²) in [4.78, 5) is 2.03. The van der Waals surface area contributed by atoms with Gasteiger partial charge in [-0.1, -0.05) is 6.07 Å². The molecule has 134 valence electrons. The molecule has 2 aliphatic rings. The Morgan fingerprint density at radius 2 is 1.80 bits per heavy atom. The Balaban J connectivity index is 1.68. The van der Waals surface area contributed by atoms with Crippen LogP contribution in [0, 0.1) is 22.7 Å². The number of hydrogen-bond acceptors (Lipinski definition) is 3. The number of likely N-dealkylation sites (tertiary alicyclic amines) is 1. The van der Waals surface area contributed by atoms with Crippen LogP contribution in [0.3, 0.4) is 0 Å². The molecule has 1 saturated heterocycles. The van der Waals surface area contributed by atoms with Gasteiger partial charge >= 0.3 is 0 Å². The van der Waals surface area contributed by atoms with Crippen molar-refractivity contribution in [2.75, 3.05) is 13.1 Å². The number of halogens is 3. The van der Waals surface area contributed by atoms with Crippen LogP contribution in [0.2, 0.25) is 0 Å². The summed E-state index contributed by atoms with van der Waals surface area (Å²) in [5, 5.41) is 12.0. The van der Waals surface area contributed by atoms with Gasteiger partial charge in [0.05, 0.1) is 5.56 Å². The third-order valence-corrected chi connectivity index (χ3v) is 6.40. The van der Waals surface area contributed by atoms with E-state index >= 15 is 0 Å². The van der Waals surface area contributed by atoms with Gasteiger partial charge in [-0.05, 0) is 44.2 Å². The highest BCUT2D eigenvalue weighted by atomic mass is 32.1. The van der Waals surface area contributed by atoms with E-state index in [1.165, 1.54) is 23.6 Å². The smallest absolute Gasteiger partial charge is 0.180 e. The maximum Gasteiger partial charge on any atom is 0.180 e. The quantitative estimate of drug-likeness (QED) is 0.844. The van der Waals surface area contributed by atoms with Crippen LogP contribution in [-0.4, -0.2) is 28.8 Å². The second-order valence-corrected chi connectivity index (χ2v) is 8.00. The summed E-state index contributed by atoms with van der Waals surface area (Å²) in [5.41, 5.74) is -0.564. The van der Waals surface area contributed by atoms with Gasteiger partial charge in [0.2, 0.25) is 0 Å². The summed E-state index contributed by atoms with van der Waals surface area (Å²) in [5.74, 6) is -1.72. The van der Waals surface area contributed by atoms with Crippen LogP contribution in [0.25, 0.3) is 11.1 Å². The molecule has 0 amide bonds. The van der Waals surface area contributed by atoms with E-state index in [9.17, 15) is 18.3 Å². The molecule has 6 heteroatoms. The predicted molar refractivity (Wildman–Crippen MR) is 91.9 cm³/mol. The molecule has 1 aromatic carbocycles. The highest BCUT2D eigenvalue weighted by molar-refractivity contribution is 7.08. The van der Waals surface area contributed by atoms with Crippen molar-refractivity contribution in [2.45, 2.75) is 37.8 Å². The van der Waals surface area contributed by atoms with E-state index in [-0.39, 0.29) is 23.0 Å². The highest BCUT2D eigenvalue weighted by Crippen LogP contribution is 2.58.